The van der Waals surface area contributed by atoms with Gasteiger partial charge in [0.25, 0.3) is 0 Å². The predicted molar refractivity (Wildman–Crippen MR) is 83.8 cm³/mol. The van der Waals surface area contributed by atoms with Crippen LogP contribution in [0.15, 0.2) is 16.6 Å². The van der Waals surface area contributed by atoms with E-state index in [-0.39, 0.29) is 15.9 Å². The van der Waals surface area contributed by atoms with Crippen LogP contribution in [0.3, 0.4) is 0 Å². The van der Waals surface area contributed by atoms with Crippen LogP contribution in [0.5, 0.6) is 0 Å². The van der Waals surface area contributed by atoms with Crippen LogP contribution in [-0.2, 0) is 0 Å². The molecule has 0 aliphatic carbocycles. The largest absolute Gasteiger partial charge is 0.310 e. The van der Waals surface area contributed by atoms with Crippen molar-refractivity contribution >= 4 is 15.9 Å². The van der Waals surface area contributed by atoms with Crippen LogP contribution in [-0.4, -0.2) is 6.54 Å². The molecule has 1 aromatic rings. The second-order valence-corrected chi connectivity index (χ2v) is 7.16. The van der Waals surface area contributed by atoms with Crippen molar-refractivity contribution in [2.75, 3.05) is 6.54 Å². The summed E-state index contributed by atoms with van der Waals surface area (Å²) in [6.07, 6.45) is 2.92. The molecular weight excluding hydrogens is 324 g/mol. The Balaban J connectivity index is 2.95. The summed E-state index contributed by atoms with van der Waals surface area (Å²) in [6.45, 7) is 9.51. The third-order valence-corrected chi connectivity index (χ3v) is 4.07. The number of halogens is 3. The van der Waals surface area contributed by atoms with Crippen molar-refractivity contribution < 1.29 is 8.78 Å². The predicted octanol–water partition coefficient (Wildman–Crippen LogP) is 5.59. The minimum absolute atomic E-state index is 0.0404. The molecule has 1 aromatic carbocycles. The van der Waals surface area contributed by atoms with E-state index in [1.54, 1.807) is 6.07 Å². The molecule has 0 heterocycles. The van der Waals surface area contributed by atoms with Gasteiger partial charge in [0, 0.05) is 6.04 Å². The maximum atomic E-state index is 13.7. The standard InChI is InChI=1S/C16H24BrF2N/c1-5-10-20-13(8-9-16(2,3)4)11-6-7-12(18)15(19)14(11)17/h6-7,13,20H,5,8-10H2,1-4H3. The summed E-state index contributed by atoms with van der Waals surface area (Å²) in [6, 6.07) is 2.91. The highest BCUT2D eigenvalue weighted by molar-refractivity contribution is 9.10. The molecule has 1 atom stereocenters. The highest BCUT2D eigenvalue weighted by Gasteiger charge is 2.21. The van der Waals surface area contributed by atoms with Crippen molar-refractivity contribution in [3.8, 4) is 0 Å². The second-order valence-electron chi connectivity index (χ2n) is 6.37. The topological polar surface area (TPSA) is 12.0 Å². The summed E-state index contributed by atoms with van der Waals surface area (Å²) in [4.78, 5) is 0. The monoisotopic (exact) mass is 347 g/mol. The molecule has 20 heavy (non-hydrogen) atoms. The van der Waals surface area contributed by atoms with Gasteiger partial charge in [-0.2, -0.15) is 0 Å². The Kier molecular flexibility index (Phi) is 6.59. The van der Waals surface area contributed by atoms with Crippen molar-refractivity contribution in [1.29, 1.82) is 0 Å². The van der Waals surface area contributed by atoms with Crippen LogP contribution in [0, 0.1) is 17.0 Å². The van der Waals surface area contributed by atoms with Gasteiger partial charge >= 0.3 is 0 Å². The molecule has 1 nitrogen and oxygen atoms in total. The molecule has 1 N–H and O–H groups in total. The molecule has 0 fully saturated rings. The lowest BCUT2D eigenvalue weighted by molar-refractivity contribution is 0.331. The van der Waals surface area contributed by atoms with Crippen LogP contribution < -0.4 is 5.32 Å². The Hall–Kier alpha value is -0.480. The minimum Gasteiger partial charge on any atom is -0.310 e. The minimum atomic E-state index is -0.814. The van der Waals surface area contributed by atoms with Gasteiger partial charge in [0.15, 0.2) is 11.6 Å². The fourth-order valence-electron chi connectivity index (χ4n) is 2.07. The highest BCUT2D eigenvalue weighted by atomic mass is 79.9. The van der Waals surface area contributed by atoms with Crippen molar-refractivity contribution in [2.45, 2.75) is 53.0 Å². The van der Waals surface area contributed by atoms with E-state index in [1.165, 1.54) is 6.07 Å². The van der Waals surface area contributed by atoms with Crippen LogP contribution in [0.2, 0.25) is 0 Å². The Bertz CT molecular complexity index is 441. The SMILES string of the molecule is CCCNC(CCC(C)(C)C)c1ccc(F)c(F)c1Br. The molecule has 114 valence electrons. The maximum absolute atomic E-state index is 13.7. The number of hydrogen-bond acceptors (Lipinski definition) is 1. The van der Waals surface area contributed by atoms with Gasteiger partial charge in [-0.25, -0.2) is 8.78 Å². The molecule has 0 radical (unpaired) electrons. The van der Waals surface area contributed by atoms with Gasteiger partial charge in [0.1, 0.15) is 0 Å². The van der Waals surface area contributed by atoms with Crippen LogP contribution in [0.1, 0.15) is 58.6 Å². The first-order valence-electron chi connectivity index (χ1n) is 7.13. The van der Waals surface area contributed by atoms with Crippen LogP contribution in [0.25, 0.3) is 0 Å². The summed E-state index contributed by atoms with van der Waals surface area (Å²) >= 11 is 3.19. The van der Waals surface area contributed by atoms with Gasteiger partial charge in [0.2, 0.25) is 0 Å². The summed E-state index contributed by atoms with van der Waals surface area (Å²) in [7, 11) is 0. The number of nitrogens with one attached hydrogen (secondary N) is 1. The molecule has 0 aromatic heterocycles. The normalized spacial score (nSPS) is 13.6. The fraction of sp³-hybridized carbons (Fsp3) is 0.625. The van der Waals surface area contributed by atoms with Gasteiger partial charge in [-0.15, -0.1) is 0 Å². The van der Waals surface area contributed by atoms with Crippen LogP contribution >= 0.6 is 15.9 Å². The Labute approximate surface area is 129 Å². The zero-order valence-corrected chi connectivity index (χ0v) is 14.3. The van der Waals surface area contributed by atoms with Crippen molar-refractivity contribution in [1.82, 2.24) is 5.32 Å². The van der Waals surface area contributed by atoms with Gasteiger partial charge < -0.3 is 5.32 Å². The van der Waals surface area contributed by atoms with E-state index in [0.717, 1.165) is 31.4 Å². The van der Waals surface area contributed by atoms with E-state index in [4.69, 9.17) is 0 Å². The third-order valence-electron chi connectivity index (χ3n) is 3.26. The first-order valence-corrected chi connectivity index (χ1v) is 7.92. The first kappa shape index (κ1) is 17.6. The second kappa shape index (κ2) is 7.51. The lowest BCUT2D eigenvalue weighted by Gasteiger charge is -2.25. The lowest BCUT2D eigenvalue weighted by atomic mass is 9.87. The van der Waals surface area contributed by atoms with Gasteiger partial charge in [0.05, 0.1) is 4.47 Å². The van der Waals surface area contributed by atoms with E-state index in [1.807, 2.05) is 0 Å². The molecule has 0 spiro atoms. The molecule has 0 saturated heterocycles. The Morgan fingerprint density at radius 3 is 2.45 bits per heavy atom. The summed E-state index contributed by atoms with van der Waals surface area (Å²) in [5.74, 6) is -1.62. The number of hydrogen-bond donors (Lipinski definition) is 1. The van der Waals surface area contributed by atoms with E-state index in [0.29, 0.717) is 0 Å². The smallest absolute Gasteiger partial charge is 0.173 e. The van der Waals surface area contributed by atoms with Crippen molar-refractivity contribution in [2.24, 2.45) is 5.41 Å². The molecule has 0 amide bonds. The van der Waals surface area contributed by atoms with E-state index in [2.05, 4.69) is 48.9 Å². The maximum Gasteiger partial charge on any atom is 0.173 e. The van der Waals surface area contributed by atoms with E-state index in [9.17, 15) is 8.78 Å². The molecule has 0 saturated carbocycles. The zero-order chi connectivity index (χ0) is 15.3. The Morgan fingerprint density at radius 2 is 1.90 bits per heavy atom. The summed E-state index contributed by atoms with van der Waals surface area (Å²) in [5.41, 5.74) is 1.01. The van der Waals surface area contributed by atoms with E-state index >= 15 is 0 Å². The summed E-state index contributed by atoms with van der Waals surface area (Å²) < 4.78 is 27.2. The molecule has 0 aliphatic heterocycles. The van der Waals surface area contributed by atoms with Gasteiger partial charge in [-0.3, -0.25) is 0 Å². The zero-order valence-electron chi connectivity index (χ0n) is 12.7. The quantitative estimate of drug-likeness (QED) is 0.661. The van der Waals surface area contributed by atoms with E-state index < -0.39 is 11.6 Å². The van der Waals surface area contributed by atoms with Gasteiger partial charge in [-0.05, 0) is 58.8 Å². The van der Waals surface area contributed by atoms with Crippen LogP contribution in [0.4, 0.5) is 8.78 Å². The van der Waals surface area contributed by atoms with Crippen molar-refractivity contribution in [3.05, 3.63) is 33.8 Å². The molecule has 0 bridgehead atoms. The average Bonchev–Trinajstić information content (AvgIpc) is 2.36. The summed E-state index contributed by atoms with van der Waals surface area (Å²) in [5, 5.41) is 3.43. The molecule has 1 rings (SSSR count). The molecule has 4 heteroatoms. The average molecular weight is 348 g/mol. The Morgan fingerprint density at radius 1 is 1.25 bits per heavy atom. The number of rotatable bonds is 6. The first-order chi connectivity index (χ1) is 9.26. The molecule has 0 aliphatic rings. The highest BCUT2D eigenvalue weighted by Crippen LogP contribution is 2.33. The molecular formula is C16H24BrF2N. The molecule has 1 unspecified atom stereocenters. The van der Waals surface area contributed by atoms with Crippen molar-refractivity contribution in [3.63, 3.8) is 0 Å². The number of benzene rings is 1. The van der Waals surface area contributed by atoms with Gasteiger partial charge in [-0.1, -0.05) is 33.8 Å². The fourth-order valence-corrected chi connectivity index (χ4v) is 2.67. The third kappa shape index (κ3) is 5.13. The lowest BCUT2D eigenvalue weighted by Crippen LogP contribution is -2.24.